The van der Waals surface area contributed by atoms with Crippen molar-refractivity contribution in [3.05, 3.63) is 69.5 Å². The van der Waals surface area contributed by atoms with Gasteiger partial charge in [0.15, 0.2) is 0 Å². The molecule has 192 valence electrons. The fourth-order valence-electron chi connectivity index (χ4n) is 4.08. The van der Waals surface area contributed by atoms with Crippen LogP contribution >= 0.6 is 23.2 Å². The maximum Gasteiger partial charge on any atom is 0.230 e. The highest BCUT2D eigenvalue weighted by Crippen LogP contribution is 2.22. The number of aromatic hydroxyl groups is 1. The first-order valence-corrected chi connectivity index (χ1v) is 13.1. The van der Waals surface area contributed by atoms with Crippen LogP contribution in [-0.2, 0) is 19.4 Å². The van der Waals surface area contributed by atoms with E-state index in [9.17, 15) is 5.11 Å². The van der Waals surface area contributed by atoms with Gasteiger partial charge in [0.05, 0.1) is 6.54 Å². The predicted octanol–water partition coefficient (Wildman–Crippen LogP) is 3.69. The van der Waals surface area contributed by atoms with Crippen LogP contribution in [0.4, 0.5) is 11.9 Å². The lowest BCUT2D eigenvalue weighted by atomic mass is 10.1. The summed E-state index contributed by atoms with van der Waals surface area (Å²) in [5.41, 5.74) is 2.25. The highest BCUT2D eigenvalue weighted by Gasteiger charge is 2.17. The molecule has 10 heteroatoms. The van der Waals surface area contributed by atoms with E-state index in [1.165, 1.54) is 5.56 Å². The molecule has 0 unspecified atom stereocenters. The molecular formula is C26H33Cl2N7O. The minimum atomic E-state index is 0.283. The Morgan fingerprint density at radius 1 is 1.03 bits per heavy atom. The van der Waals surface area contributed by atoms with E-state index in [0.29, 0.717) is 22.5 Å². The van der Waals surface area contributed by atoms with Crippen molar-refractivity contribution in [3.8, 4) is 5.75 Å². The van der Waals surface area contributed by atoms with Gasteiger partial charge in [0.25, 0.3) is 0 Å². The molecule has 2 heterocycles. The third-order valence-electron chi connectivity index (χ3n) is 6.16. The molecule has 3 aromatic rings. The van der Waals surface area contributed by atoms with Crippen LogP contribution in [0.3, 0.4) is 0 Å². The molecule has 2 aromatic carbocycles. The Morgan fingerprint density at radius 3 is 2.56 bits per heavy atom. The summed E-state index contributed by atoms with van der Waals surface area (Å²) in [6.45, 7) is 5.70. The standard InChI is InChI=1S/C26H33Cl2N7O/c1-34(14-2-3-20-6-7-21(27)17-23(20)28)25-31-24(32-26(33-25)35-15-12-29-13-16-35)18-30-11-10-19-4-8-22(36)9-5-19/h4-9,17,29-30,36H,2-3,10-16,18H2,1H3. The molecule has 0 amide bonds. The van der Waals surface area contributed by atoms with Crippen LogP contribution in [0, 0.1) is 0 Å². The van der Waals surface area contributed by atoms with E-state index in [2.05, 4.69) is 20.4 Å². The molecule has 0 bridgehead atoms. The van der Waals surface area contributed by atoms with Crippen molar-refractivity contribution in [2.24, 2.45) is 0 Å². The fourth-order valence-corrected chi connectivity index (χ4v) is 4.58. The SMILES string of the molecule is CN(CCCc1ccc(Cl)cc1Cl)c1nc(CNCCc2ccc(O)cc2)nc(N2CCNCC2)n1. The molecular weight excluding hydrogens is 497 g/mol. The zero-order valence-electron chi connectivity index (χ0n) is 20.6. The number of aromatic nitrogens is 3. The van der Waals surface area contributed by atoms with Crippen LogP contribution in [0.1, 0.15) is 23.4 Å². The molecule has 3 N–H and O–H groups in total. The van der Waals surface area contributed by atoms with E-state index < -0.39 is 0 Å². The number of piperazine rings is 1. The van der Waals surface area contributed by atoms with Gasteiger partial charge in [-0.15, -0.1) is 0 Å². The van der Waals surface area contributed by atoms with Gasteiger partial charge in [-0.2, -0.15) is 15.0 Å². The maximum atomic E-state index is 9.45. The lowest BCUT2D eigenvalue weighted by Gasteiger charge is -2.28. The Labute approximate surface area is 222 Å². The van der Waals surface area contributed by atoms with Crippen molar-refractivity contribution in [2.75, 3.05) is 56.1 Å². The van der Waals surface area contributed by atoms with Gasteiger partial charge < -0.3 is 25.5 Å². The van der Waals surface area contributed by atoms with Crippen LogP contribution in [0.2, 0.25) is 10.0 Å². The van der Waals surface area contributed by atoms with Crippen LogP contribution in [0.15, 0.2) is 42.5 Å². The zero-order valence-corrected chi connectivity index (χ0v) is 22.1. The van der Waals surface area contributed by atoms with E-state index in [0.717, 1.165) is 75.9 Å². The molecule has 1 aromatic heterocycles. The van der Waals surface area contributed by atoms with Crippen molar-refractivity contribution >= 4 is 35.1 Å². The molecule has 4 rings (SSSR count). The summed E-state index contributed by atoms with van der Waals surface area (Å²) in [5, 5.41) is 17.6. The van der Waals surface area contributed by atoms with Gasteiger partial charge in [-0.3, -0.25) is 0 Å². The number of phenolic OH excluding ortho intramolecular Hbond substituents is 1. The van der Waals surface area contributed by atoms with Crippen molar-refractivity contribution in [3.63, 3.8) is 0 Å². The van der Waals surface area contributed by atoms with E-state index >= 15 is 0 Å². The summed E-state index contributed by atoms with van der Waals surface area (Å²) in [5.74, 6) is 2.41. The first-order valence-electron chi connectivity index (χ1n) is 12.3. The molecule has 1 fully saturated rings. The number of hydrogen-bond acceptors (Lipinski definition) is 8. The van der Waals surface area contributed by atoms with E-state index in [4.69, 9.17) is 38.2 Å². The lowest BCUT2D eigenvalue weighted by molar-refractivity contribution is 0.475. The predicted molar refractivity (Wildman–Crippen MR) is 146 cm³/mol. The Hall–Kier alpha value is -2.65. The smallest absolute Gasteiger partial charge is 0.230 e. The molecule has 1 aliphatic rings. The summed E-state index contributed by atoms with van der Waals surface area (Å²) in [4.78, 5) is 18.6. The lowest BCUT2D eigenvalue weighted by Crippen LogP contribution is -2.44. The number of nitrogens with one attached hydrogen (secondary N) is 2. The van der Waals surface area contributed by atoms with Crippen LogP contribution in [0.25, 0.3) is 0 Å². The second-order valence-electron chi connectivity index (χ2n) is 8.94. The maximum absolute atomic E-state index is 9.45. The van der Waals surface area contributed by atoms with Crippen molar-refractivity contribution in [1.82, 2.24) is 25.6 Å². The van der Waals surface area contributed by atoms with Gasteiger partial charge >= 0.3 is 0 Å². The highest BCUT2D eigenvalue weighted by atomic mass is 35.5. The summed E-state index contributed by atoms with van der Waals surface area (Å²) in [7, 11) is 2.02. The fraction of sp³-hybridized carbons (Fsp3) is 0.423. The molecule has 1 saturated heterocycles. The number of aryl methyl sites for hydroxylation is 1. The second kappa shape index (κ2) is 13.1. The molecule has 0 spiro atoms. The average Bonchev–Trinajstić information content (AvgIpc) is 2.89. The Balaban J connectivity index is 1.38. The van der Waals surface area contributed by atoms with Gasteiger partial charge in [-0.05, 0) is 61.2 Å². The summed E-state index contributed by atoms with van der Waals surface area (Å²) < 4.78 is 0. The number of hydrogen-bond donors (Lipinski definition) is 3. The van der Waals surface area contributed by atoms with Crippen LogP contribution in [-0.4, -0.2) is 66.4 Å². The van der Waals surface area contributed by atoms with Crippen molar-refractivity contribution < 1.29 is 5.11 Å². The Kier molecular flexibility index (Phi) is 9.58. The molecule has 36 heavy (non-hydrogen) atoms. The van der Waals surface area contributed by atoms with Crippen LogP contribution < -0.4 is 20.4 Å². The van der Waals surface area contributed by atoms with E-state index in [1.54, 1.807) is 18.2 Å². The zero-order chi connectivity index (χ0) is 25.3. The van der Waals surface area contributed by atoms with Gasteiger partial charge in [0.2, 0.25) is 11.9 Å². The molecule has 0 aliphatic carbocycles. The number of rotatable bonds is 11. The first kappa shape index (κ1) is 26.4. The second-order valence-corrected chi connectivity index (χ2v) is 9.79. The molecule has 0 atom stereocenters. The average molecular weight is 531 g/mol. The molecule has 1 aliphatic heterocycles. The Bertz CT molecular complexity index is 1120. The molecule has 0 saturated carbocycles. The molecule has 8 nitrogen and oxygen atoms in total. The van der Waals surface area contributed by atoms with E-state index in [1.807, 2.05) is 31.3 Å². The van der Waals surface area contributed by atoms with Gasteiger partial charge in [0, 0.05) is 49.8 Å². The van der Waals surface area contributed by atoms with Gasteiger partial charge in [-0.1, -0.05) is 41.4 Å². The normalized spacial score (nSPS) is 13.7. The minimum Gasteiger partial charge on any atom is -0.508 e. The van der Waals surface area contributed by atoms with Crippen LogP contribution in [0.5, 0.6) is 5.75 Å². The summed E-state index contributed by atoms with van der Waals surface area (Å²) >= 11 is 12.4. The first-order chi connectivity index (χ1) is 17.5. The quantitative estimate of drug-likeness (QED) is 0.324. The number of phenols is 1. The monoisotopic (exact) mass is 529 g/mol. The van der Waals surface area contributed by atoms with Gasteiger partial charge in [-0.25, -0.2) is 0 Å². The van der Waals surface area contributed by atoms with Crippen molar-refractivity contribution in [1.29, 1.82) is 0 Å². The largest absolute Gasteiger partial charge is 0.508 e. The summed E-state index contributed by atoms with van der Waals surface area (Å²) in [6.07, 6.45) is 2.62. The summed E-state index contributed by atoms with van der Waals surface area (Å²) in [6, 6.07) is 12.9. The topological polar surface area (TPSA) is 89.4 Å². The molecule has 0 radical (unpaired) electrons. The third kappa shape index (κ3) is 7.67. The third-order valence-corrected chi connectivity index (χ3v) is 6.75. The highest BCUT2D eigenvalue weighted by molar-refractivity contribution is 6.35. The van der Waals surface area contributed by atoms with Crippen molar-refractivity contribution in [2.45, 2.75) is 25.8 Å². The number of halogens is 2. The minimum absolute atomic E-state index is 0.283. The van der Waals surface area contributed by atoms with E-state index in [-0.39, 0.29) is 5.75 Å². The van der Waals surface area contributed by atoms with Gasteiger partial charge in [0.1, 0.15) is 11.6 Å². The number of nitrogens with zero attached hydrogens (tertiary/aromatic N) is 5. The number of benzene rings is 2. The Morgan fingerprint density at radius 2 is 1.81 bits per heavy atom. The number of anilines is 2.